The molecule has 5 heteroatoms. The van der Waals surface area contributed by atoms with Gasteiger partial charge >= 0.3 is 0 Å². The Morgan fingerprint density at radius 3 is 2.88 bits per heavy atom. The first-order valence-electron chi connectivity index (χ1n) is 5.00. The van der Waals surface area contributed by atoms with E-state index < -0.39 is 0 Å². The maximum atomic E-state index is 11.6. The minimum Gasteiger partial charge on any atom is -0.378 e. The fourth-order valence-electron chi connectivity index (χ4n) is 1.56. The van der Waals surface area contributed by atoms with Gasteiger partial charge in [-0.1, -0.05) is 0 Å². The van der Waals surface area contributed by atoms with Gasteiger partial charge in [0.05, 0.1) is 17.3 Å². The molecule has 0 aliphatic rings. The lowest BCUT2D eigenvalue weighted by Crippen LogP contribution is -2.17. The second-order valence-electron chi connectivity index (χ2n) is 3.75. The van der Waals surface area contributed by atoms with Crippen LogP contribution in [-0.2, 0) is 0 Å². The lowest BCUT2D eigenvalue weighted by molar-refractivity contribution is 0.0964. The second kappa shape index (κ2) is 3.84. The zero-order valence-electron chi connectivity index (χ0n) is 9.56. The van der Waals surface area contributed by atoms with E-state index in [0.717, 1.165) is 11.2 Å². The van der Waals surface area contributed by atoms with Crippen LogP contribution in [0.5, 0.6) is 0 Å². The van der Waals surface area contributed by atoms with Crippen molar-refractivity contribution in [2.24, 2.45) is 0 Å². The normalized spacial score (nSPS) is 10.4. The van der Waals surface area contributed by atoms with Gasteiger partial charge in [-0.3, -0.25) is 4.79 Å². The lowest BCUT2D eigenvalue weighted by atomic mass is 10.2. The predicted octanol–water partition coefficient (Wildman–Crippen LogP) is 0.760. The van der Waals surface area contributed by atoms with Crippen molar-refractivity contribution in [3.05, 3.63) is 30.1 Å². The molecule has 0 saturated carbocycles. The summed E-state index contributed by atoms with van der Waals surface area (Å²) < 4.78 is 1.69. The molecule has 0 radical (unpaired) electrons. The van der Waals surface area contributed by atoms with E-state index in [1.54, 1.807) is 17.8 Å². The third-order valence-corrected chi connectivity index (χ3v) is 2.49. The SMILES string of the molecule is CNC(=O)c1cnn2ccc(N(C)C)cc12. The Morgan fingerprint density at radius 2 is 2.25 bits per heavy atom. The smallest absolute Gasteiger partial charge is 0.254 e. The molecule has 0 saturated heterocycles. The first-order chi connectivity index (χ1) is 7.63. The van der Waals surface area contributed by atoms with Crippen LogP contribution < -0.4 is 10.2 Å². The molecule has 0 aliphatic carbocycles. The topological polar surface area (TPSA) is 49.6 Å². The Hall–Kier alpha value is -2.04. The highest BCUT2D eigenvalue weighted by Crippen LogP contribution is 2.17. The van der Waals surface area contributed by atoms with Gasteiger partial charge in [0.15, 0.2) is 0 Å². The molecule has 16 heavy (non-hydrogen) atoms. The van der Waals surface area contributed by atoms with Crippen LogP contribution in [-0.4, -0.2) is 36.7 Å². The number of carbonyl (C=O) groups is 1. The number of hydrogen-bond donors (Lipinski definition) is 1. The van der Waals surface area contributed by atoms with E-state index in [4.69, 9.17) is 0 Å². The molecule has 0 aliphatic heterocycles. The third kappa shape index (κ3) is 1.60. The van der Waals surface area contributed by atoms with E-state index in [1.165, 1.54) is 0 Å². The number of nitrogens with zero attached hydrogens (tertiary/aromatic N) is 3. The number of amides is 1. The zero-order chi connectivity index (χ0) is 11.7. The summed E-state index contributed by atoms with van der Waals surface area (Å²) >= 11 is 0. The summed E-state index contributed by atoms with van der Waals surface area (Å²) in [6, 6.07) is 3.89. The van der Waals surface area contributed by atoms with Gasteiger partial charge in [-0.25, -0.2) is 4.52 Å². The van der Waals surface area contributed by atoms with Crippen LogP contribution in [0.4, 0.5) is 5.69 Å². The number of carbonyl (C=O) groups excluding carboxylic acids is 1. The van der Waals surface area contributed by atoms with E-state index in [-0.39, 0.29) is 5.91 Å². The molecule has 2 rings (SSSR count). The number of hydrogen-bond acceptors (Lipinski definition) is 3. The maximum Gasteiger partial charge on any atom is 0.254 e. The first kappa shape index (κ1) is 10.5. The molecule has 0 spiro atoms. The molecule has 0 atom stereocenters. The largest absolute Gasteiger partial charge is 0.378 e. The van der Waals surface area contributed by atoms with Crippen LogP contribution in [0.25, 0.3) is 5.52 Å². The molecule has 0 bridgehead atoms. The molecule has 1 N–H and O–H groups in total. The van der Waals surface area contributed by atoms with Gasteiger partial charge in [-0.2, -0.15) is 5.10 Å². The summed E-state index contributed by atoms with van der Waals surface area (Å²) in [7, 11) is 5.53. The molecule has 2 aromatic heterocycles. The highest BCUT2D eigenvalue weighted by molar-refractivity contribution is 6.00. The molecule has 2 heterocycles. The Balaban J connectivity index is 2.60. The predicted molar refractivity (Wildman–Crippen MR) is 62.9 cm³/mol. The van der Waals surface area contributed by atoms with Crippen molar-refractivity contribution in [2.45, 2.75) is 0 Å². The molecular formula is C11H14N4O. The van der Waals surface area contributed by atoms with Gasteiger partial charge in [0.2, 0.25) is 0 Å². The van der Waals surface area contributed by atoms with Crippen molar-refractivity contribution >= 4 is 17.1 Å². The summed E-state index contributed by atoms with van der Waals surface area (Å²) in [6.45, 7) is 0. The minimum absolute atomic E-state index is 0.120. The standard InChI is InChI=1S/C11H14N4O/c1-12-11(16)9-7-13-15-5-4-8(14(2)3)6-10(9)15/h4-7H,1-3H3,(H,12,16). The van der Waals surface area contributed by atoms with E-state index in [0.29, 0.717) is 5.56 Å². The van der Waals surface area contributed by atoms with Crippen LogP contribution in [0.2, 0.25) is 0 Å². The van der Waals surface area contributed by atoms with Gasteiger partial charge in [0.1, 0.15) is 0 Å². The van der Waals surface area contributed by atoms with Crippen molar-refractivity contribution in [3.8, 4) is 0 Å². The fraction of sp³-hybridized carbons (Fsp3) is 0.273. The van der Waals surface area contributed by atoms with Crippen LogP contribution in [0, 0.1) is 0 Å². The average molecular weight is 218 g/mol. The average Bonchev–Trinajstić information content (AvgIpc) is 2.70. The molecule has 2 aromatic rings. The number of pyridine rings is 1. The van der Waals surface area contributed by atoms with E-state index in [1.807, 2.05) is 37.3 Å². The highest BCUT2D eigenvalue weighted by atomic mass is 16.1. The van der Waals surface area contributed by atoms with Gasteiger partial charge < -0.3 is 10.2 Å². The Bertz CT molecular complexity index is 530. The summed E-state index contributed by atoms with van der Waals surface area (Å²) in [5.41, 5.74) is 2.44. The summed E-state index contributed by atoms with van der Waals surface area (Å²) in [6.07, 6.45) is 3.42. The third-order valence-electron chi connectivity index (χ3n) is 2.49. The number of rotatable bonds is 2. The van der Waals surface area contributed by atoms with Crippen molar-refractivity contribution in [1.82, 2.24) is 14.9 Å². The number of fused-ring (bicyclic) bond motifs is 1. The van der Waals surface area contributed by atoms with E-state index in [9.17, 15) is 4.79 Å². The van der Waals surface area contributed by atoms with E-state index >= 15 is 0 Å². The fourth-order valence-corrected chi connectivity index (χ4v) is 1.56. The second-order valence-corrected chi connectivity index (χ2v) is 3.75. The number of aromatic nitrogens is 2. The summed E-state index contributed by atoms with van der Waals surface area (Å²) in [4.78, 5) is 13.6. The van der Waals surface area contributed by atoms with Crippen LogP contribution in [0.15, 0.2) is 24.5 Å². The summed E-state index contributed by atoms with van der Waals surface area (Å²) in [5, 5.41) is 6.73. The Morgan fingerprint density at radius 1 is 1.50 bits per heavy atom. The lowest BCUT2D eigenvalue weighted by Gasteiger charge is -2.12. The van der Waals surface area contributed by atoms with E-state index in [2.05, 4.69) is 10.4 Å². The Labute approximate surface area is 93.7 Å². The quantitative estimate of drug-likeness (QED) is 0.809. The monoisotopic (exact) mass is 218 g/mol. The van der Waals surface area contributed by atoms with Crippen LogP contribution in [0.1, 0.15) is 10.4 Å². The summed E-state index contributed by atoms with van der Waals surface area (Å²) in [5.74, 6) is -0.120. The van der Waals surface area contributed by atoms with Gasteiger partial charge in [0.25, 0.3) is 5.91 Å². The molecule has 1 amide bonds. The van der Waals surface area contributed by atoms with Crippen LogP contribution >= 0.6 is 0 Å². The van der Waals surface area contributed by atoms with Gasteiger partial charge in [0, 0.05) is 33.0 Å². The van der Waals surface area contributed by atoms with Gasteiger partial charge in [-0.05, 0) is 12.1 Å². The molecule has 0 fully saturated rings. The molecular weight excluding hydrogens is 204 g/mol. The van der Waals surface area contributed by atoms with Crippen molar-refractivity contribution in [2.75, 3.05) is 26.0 Å². The van der Waals surface area contributed by atoms with Crippen molar-refractivity contribution in [3.63, 3.8) is 0 Å². The zero-order valence-corrected chi connectivity index (χ0v) is 9.56. The molecule has 5 nitrogen and oxygen atoms in total. The first-order valence-corrected chi connectivity index (χ1v) is 5.00. The van der Waals surface area contributed by atoms with Crippen molar-refractivity contribution in [1.29, 1.82) is 0 Å². The number of anilines is 1. The van der Waals surface area contributed by atoms with Crippen molar-refractivity contribution < 1.29 is 4.79 Å². The molecule has 0 unspecified atom stereocenters. The van der Waals surface area contributed by atoms with Crippen LogP contribution in [0.3, 0.4) is 0 Å². The number of nitrogens with one attached hydrogen (secondary N) is 1. The molecule has 84 valence electrons. The minimum atomic E-state index is -0.120. The van der Waals surface area contributed by atoms with Gasteiger partial charge in [-0.15, -0.1) is 0 Å². The maximum absolute atomic E-state index is 11.6. The molecule has 0 aromatic carbocycles. The Kier molecular flexibility index (Phi) is 2.52. The highest BCUT2D eigenvalue weighted by Gasteiger charge is 2.11.